The van der Waals surface area contributed by atoms with Gasteiger partial charge in [0.1, 0.15) is 4.21 Å². The third-order valence-corrected chi connectivity index (χ3v) is 7.10. The Labute approximate surface area is 136 Å². The summed E-state index contributed by atoms with van der Waals surface area (Å²) in [7, 11) is -3.32. The van der Waals surface area contributed by atoms with Crippen molar-refractivity contribution in [3.63, 3.8) is 0 Å². The van der Waals surface area contributed by atoms with Gasteiger partial charge in [-0.2, -0.15) is 11.8 Å². The summed E-state index contributed by atoms with van der Waals surface area (Å²) in [5.41, 5.74) is 0. The molecule has 7 heteroatoms. The van der Waals surface area contributed by atoms with Crippen molar-refractivity contribution in [2.24, 2.45) is 0 Å². The monoisotopic (exact) mass is 348 g/mol. The molecule has 0 aliphatic heterocycles. The summed E-state index contributed by atoms with van der Waals surface area (Å²) < 4.78 is 27.4. The lowest BCUT2D eigenvalue weighted by Crippen LogP contribution is -2.24. The van der Waals surface area contributed by atoms with Gasteiger partial charge in [0, 0.05) is 24.0 Å². The van der Waals surface area contributed by atoms with E-state index in [1.54, 1.807) is 6.07 Å². The molecule has 4 nitrogen and oxygen atoms in total. The summed E-state index contributed by atoms with van der Waals surface area (Å²) in [5, 5.41) is 3.40. The van der Waals surface area contributed by atoms with Crippen LogP contribution in [0, 0.1) is 0 Å². The SMILES string of the molecule is CSCCCCCNS(=O)(=O)c1ccc(CNC2CC2)s1. The Morgan fingerprint density at radius 1 is 1.29 bits per heavy atom. The maximum absolute atomic E-state index is 12.2. The van der Waals surface area contributed by atoms with E-state index in [-0.39, 0.29) is 0 Å². The lowest BCUT2D eigenvalue weighted by Gasteiger charge is -2.04. The Balaban J connectivity index is 1.73. The van der Waals surface area contributed by atoms with E-state index in [1.807, 2.05) is 17.8 Å². The summed E-state index contributed by atoms with van der Waals surface area (Å²) in [6, 6.07) is 4.27. The van der Waals surface area contributed by atoms with Gasteiger partial charge in [0.25, 0.3) is 0 Å². The number of thioether (sulfide) groups is 1. The van der Waals surface area contributed by atoms with Crippen LogP contribution in [0.2, 0.25) is 0 Å². The minimum atomic E-state index is -3.32. The standard InChI is InChI=1S/C14H24N2O2S3/c1-19-10-4-2-3-9-16-21(17,18)14-8-7-13(20-14)11-15-12-5-6-12/h7-8,12,15-16H,2-6,9-11H2,1H3. The molecule has 2 N–H and O–H groups in total. The molecule has 1 fully saturated rings. The number of thiophene rings is 1. The number of hydrogen-bond acceptors (Lipinski definition) is 5. The molecule has 1 aliphatic carbocycles. The summed E-state index contributed by atoms with van der Waals surface area (Å²) in [6.45, 7) is 1.31. The number of hydrogen-bond donors (Lipinski definition) is 2. The third-order valence-electron chi connectivity index (χ3n) is 3.36. The van der Waals surface area contributed by atoms with Crippen molar-refractivity contribution in [2.75, 3.05) is 18.6 Å². The predicted octanol–water partition coefficient (Wildman–Crippen LogP) is 2.81. The fourth-order valence-corrected chi connectivity index (χ4v) is 4.87. The average molecular weight is 349 g/mol. The fourth-order valence-electron chi connectivity index (χ4n) is 1.96. The van der Waals surface area contributed by atoms with Crippen LogP contribution in [0.4, 0.5) is 0 Å². The van der Waals surface area contributed by atoms with E-state index in [2.05, 4.69) is 16.3 Å². The second kappa shape index (κ2) is 8.53. The molecule has 0 bridgehead atoms. The molecule has 0 saturated heterocycles. The van der Waals surface area contributed by atoms with Gasteiger partial charge >= 0.3 is 0 Å². The van der Waals surface area contributed by atoms with Gasteiger partial charge in [-0.3, -0.25) is 0 Å². The van der Waals surface area contributed by atoms with Gasteiger partial charge in [0.2, 0.25) is 10.0 Å². The Bertz CT molecular complexity index is 524. The van der Waals surface area contributed by atoms with Crippen molar-refractivity contribution >= 4 is 33.1 Å². The maximum Gasteiger partial charge on any atom is 0.250 e. The Hall–Kier alpha value is -0.0800. The lowest BCUT2D eigenvalue weighted by molar-refractivity contribution is 0.578. The first-order valence-corrected chi connectivity index (χ1v) is 11.1. The normalized spacial score (nSPS) is 15.5. The van der Waals surface area contributed by atoms with Crippen LogP contribution in [0.3, 0.4) is 0 Å². The minimum absolute atomic E-state index is 0.430. The van der Waals surface area contributed by atoms with Crippen molar-refractivity contribution in [1.82, 2.24) is 10.0 Å². The van der Waals surface area contributed by atoms with Gasteiger partial charge in [0.05, 0.1) is 0 Å². The van der Waals surface area contributed by atoms with E-state index in [9.17, 15) is 8.42 Å². The molecule has 0 aromatic carbocycles. The highest BCUT2D eigenvalue weighted by atomic mass is 32.2. The summed E-state index contributed by atoms with van der Waals surface area (Å²) in [4.78, 5) is 1.09. The molecule has 21 heavy (non-hydrogen) atoms. The first-order chi connectivity index (χ1) is 10.1. The lowest BCUT2D eigenvalue weighted by atomic mass is 10.2. The maximum atomic E-state index is 12.2. The summed E-state index contributed by atoms with van der Waals surface area (Å²) in [5.74, 6) is 1.15. The first-order valence-electron chi connectivity index (χ1n) is 7.42. The largest absolute Gasteiger partial charge is 0.309 e. The molecule has 1 saturated carbocycles. The molecule has 1 heterocycles. The first kappa shape index (κ1) is 17.3. The summed E-state index contributed by atoms with van der Waals surface area (Å²) >= 11 is 3.20. The second-order valence-electron chi connectivity index (χ2n) is 5.33. The van der Waals surface area contributed by atoms with E-state index in [1.165, 1.54) is 24.2 Å². The van der Waals surface area contributed by atoms with Crippen LogP contribution in [0.5, 0.6) is 0 Å². The van der Waals surface area contributed by atoms with Crippen LogP contribution in [0.1, 0.15) is 37.0 Å². The van der Waals surface area contributed by atoms with Gasteiger partial charge in [-0.25, -0.2) is 13.1 Å². The van der Waals surface area contributed by atoms with E-state index in [0.717, 1.165) is 36.4 Å². The van der Waals surface area contributed by atoms with E-state index >= 15 is 0 Å². The van der Waals surface area contributed by atoms with Crippen molar-refractivity contribution in [3.8, 4) is 0 Å². The van der Waals surface area contributed by atoms with Crippen molar-refractivity contribution in [2.45, 2.75) is 48.9 Å². The molecule has 1 aromatic rings. The van der Waals surface area contributed by atoms with E-state index in [4.69, 9.17) is 0 Å². The van der Waals surface area contributed by atoms with Gasteiger partial charge in [-0.1, -0.05) is 6.42 Å². The zero-order valence-electron chi connectivity index (χ0n) is 12.4. The number of rotatable bonds is 11. The van der Waals surface area contributed by atoms with Crippen molar-refractivity contribution < 1.29 is 8.42 Å². The average Bonchev–Trinajstić information content (AvgIpc) is 3.16. The number of sulfonamides is 1. The molecule has 0 amide bonds. The Morgan fingerprint density at radius 2 is 2.10 bits per heavy atom. The second-order valence-corrected chi connectivity index (χ2v) is 9.47. The molecular formula is C14H24N2O2S3. The number of nitrogens with one attached hydrogen (secondary N) is 2. The van der Waals surface area contributed by atoms with Gasteiger partial charge in [0.15, 0.2) is 0 Å². The molecule has 120 valence electrons. The van der Waals surface area contributed by atoms with Crippen molar-refractivity contribution in [1.29, 1.82) is 0 Å². The van der Waals surface area contributed by atoms with Crippen LogP contribution >= 0.6 is 23.1 Å². The van der Waals surface area contributed by atoms with Crippen LogP contribution < -0.4 is 10.0 Å². The Kier molecular flexibility index (Phi) is 7.01. The van der Waals surface area contributed by atoms with Gasteiger partial charge in [-0.05, 0) is 49.8 Å². The fraction of sp³-hybridized carbons (Fsp3) is 0.714. The molecule has 1 aliphatic rings. The quantitative estimate of drug-likeness (QED) is 0.604. The highest BCUT2D eigenvalue weighted by molar-refractivity contribution is 7.98. The topological polar surface area (TPSA) is 58.2 Å². The minimum Gasteiger partial charge on any atom is -0.309 e. The smallest absolute Gasteiger partial charge is 0.250 e. The van der Waals surface area contributed by atoms with Crippen LogP contribution in [0.15, 0.2) is 16.3 Å². The number of unbranched alkanes of at least 4 members (excludes halogenated alkanes) is 2. The van der Waals surface area contributed by atoms with Crippen LogP contribution in [-0.2, 0) is 16.6 Å². The summed E-state index contributed by atoms with van der Waals surface area (Å²) in [6.07, 6.45) is 7.71. The third kappa shape index (κ3) is 6.28. The highest BCUT2D eigenvalue weighted by Crippen LogP contribution is 2.24. The predicted molar refractivity (Wildman–Crippen MR) is 91.6 cm³/mol. The molecule has 0 radical (unpaired) electrons. The molecule has 1 aromatic heterocycles. The van der Waals surface area contributed by atoms with E-state index < -0.39 is 10.0 Å². The zero-order chi connectivity index (χ0) is 15.1. The van der Waals surface area contributed by atoms with Gasteiger partial charge < -0.3 is 5.32 Å². The zero-order valence-corrected chi connectivity index (χ0v) is 14.9. The van der Waals surface area contributed by atoms with Crippen molar-refractivity contribution in [3.05, 3.63) is 17.0 Å². The highest BCUT2D eigenvalue weighted by Gasteiger charge is 2.21. The Morgan fingerprint density at radius 3 is 2.81 bits per heavy atom. The molecular weight excluding hydrogens is 324 g/mol. The molecule has 0 atom stereocenters. The molecule has 0 unspecified atom stereocenters. The van der Waals surface area contributed by atoms with Crippen LogP contribution in [-0.4, -0.2) is 33.0 Å². The molecule has 0 spiro atoms. The van der Waals surface area contributed by atoms with Gasteiger partial charge in [-0.15, -0.1) is 11.3 Å². The van der Waals surface area contributed by atoms with Crippen LogP contribution in [0.25, 0.3) is 0 Å². The van der Waals surface area contributed by atoms with E-state index in [0.29, 0.717) is 16.8 Å². The molecule has 2 rings (SSSR count).